The van der Waals surface area contributed by atoms with Crippen molar-refractivity contribution in [3.05, 3.63) is 53.7 Å². The minimum Gasteiger partial charge on any atom is -0.392 e. The van der Waals surface area contributed by atoms with E-state index in [0.717, 1.165) is 42.9 Å². The predicted molar refractivity (Wildman–Crippen MR) is 107 cm³/mol. The molecule has 144 valence electrons. The van der Waals surface area contributed by atoms with Gasteiger partial charge in [-0.15, -0.1) is 0 Å². The van der Waals surface area contributed by atoms with Gasteiger partial charge in [-0.05, 0) is 48.6 Å². The minimum atomic E-state index is -0.0690. The molecule has 1 fully saturated rings. The van der Waals surface area contributed by atoms with E-state index < -0.39 is 0 Å². The van der Waals surface area contributed by atoms with E-state index >= 15 is 0 Å². The van der Waals surface area contributed by atoms with Gasteiger partial charge in [0, 0.05) is 31.4 Å². The minimum absolute atomic E-state index is 0.00406. The van der Waals surface area contributed by atoms with E-state index in [1.54, 1.807) is 6.20 Å². The monoisotopic (exact) mass is 367 g/mol. The second-order valence-electron chi connectivity index (χ2n) is 7.81. The number of carbonyl (C=O) groups excluding carboxylic acids is 1. The van der Waals surface area contributed by atoms with E-state index in [9.17, 15) is 9.90 Å². The van der Waals surface area contributed by atoms with Crippen LogP contribution in [-0.2, 0) is 6.61 Å². The molecule has 0 radical (unpaired) electrons. The Bertz CT molecular complexity index is 758. The zero-order valence-electron chi connectivity index (χ0n) is 16.2. The third-order valence-electron chi connectivity index (χ3n) is 4.98. The highest BCUT2D eigenvalue weighted by Crippen LogP contribution is 2.19. The van der Waals surface area contributed by atoms with E-state index in [1.807, 2.05) is 36.4 Å². The van der Waals surface area contributed by atoms with Crippen molar-refractivity contribution in [1.29, 1.82) is 0 Å². The second-order valence-corrected chi connectivity index (χ2v) is 7.81. The number of aromatic nitrogens is 1. The maximum Gasteiger partial charge on any atom is 0.252 e. The van der Waals surface area contributed by atoms with Crippen molar-refractivity contribution < 1.29 is 9.90 Å². The van der Waals surface area contributed by atoms with Crippen LogP contribution in [0.4, 0.5) is 0 Å². The van der Waals surface area contributed by atoms with Crippen LogP contribution in [0.3, 0.4) is 0 Å². The van der Waals surface area contributed by atoms with Gasteiger partial charge >= 0.3 is 0 Å². The van der Waals surface area contributed by atoms with E-state index in [2.05, 4.69) is 29.0 Å². The third-order valence-corrected chi connectivity index (χ3v) is 4.98. The number of benzene rings is 1. The van der Waals surface area contributed by atoms with Crippen LogP contribution in [0.1, 0.15) is 36.2 Å². The van der Waals surface area contributed by atoms with Crippen LogP contribution >= 0.6 is 0 Å². The summed E-state index contributed by atoms with van der Waals surface area (Å²) in [6, 6.07) is 11.3. The number of likely N-dealkylation sites (tertiary alicyclic amines) is 1. The van der Waals surface area contributed by atoms with E-state index in [1.165, 1.54) is 0 Å². The third kappa shape index (κ3) is 5.37. The number of rotatable bonds is 7. The van der Waals surface area contributed by atoms with Gasteiger partial charge in [0.05, 0.1) is 17.9 Å². The lowest BCUT2D eigenvalue weighted by molar-refractivity contribution is 0.0947. The molecule has 2 heterocycles. The zero-order valence-corrected chi connectivity index (χ0v) is 16.2. The van der Waals surface area contributed by atoms with Crippen molar-refractivity contribution in [2.75, 3.05) is 26.2 Å². The smallest absolute Gasteiger partial charge is 0.252 e. The molecule has 27 heavy (non-hydrogen) atoms. The summed E-state index contributed by atoms with van der Waals surface area (Å²) >= 11 is 0. The number of carbonyl (C=O) groups is 1. The molecule has 5 nitrogen and oxygen atoms in total. The van der Waals surface area contributed by atoms with Crippen molar-refractivity contribution in [3.8, 4) is 11.3 Å². The van der Waals surface area contributed by atoms with Crippen LogP contribution in [0.5, 0.6) is 0 Å². The van der Waals surface area contributed by atoms with Crippen LogP contribution in [0.15, 0.2) is 42.6 Å². The molecule has 0 aliphatic carbocycles. The quantitative estimate of drug-likeness (QED) is 0.790. The molecule has 1 aliphatic heterocycles. The Kier molecular flexibility index (Phi) is 6.58. The Balaban J connectivity index is 1.53. The average molecular weight is 367 g/mol. The first-order chi connectivity index (χ1) is 13.0. The van der Waals surface area contributed by atoms with E-state index in [-0.39, 0.29) is 12.5 Å². The molecular formula is C22H29N3O2. The number of aliphatic hydroxyl groups is 1. The van der Waals surface area contributed by atoms with Gasteiger partial charge in [-0.25, -0.2) is 0 Å². The number of nitrogens with one attached hydrogen (secondary N) is 1. The van der Waals surface area contributed by atoms with Crippen LogP contribution in [0, 0.1) is 11.8 Å². The summed E-state index contributed by atoms with van der Waals surface area (Å²) in [7, 11) is 0. The first kappa shape index (κ1) is 19.5. The number of aliphatic hydroxyl groups excluding tert-OH is 1. The van der Waals surface area contributed by atoms with Crippen LogP contribution < -0.4 is 5.32 Å². The molecule has 1 aromatic heterocycles. The summed E-state index contributed by atoms with van der Waals surface area (Å²) in [5.41, 5.74) is 3.15. The number of nitrogens with zero attached hydrogens (tertiary/aromatic N) is 2. The fourth-order valence-electron chi connectivity index (χ4n) is 3.63. The first-order valence-corrected chi connectivity index (χ1v) is 9.72. The lowest BCUT2D eigenvalue weighted by Crippen LogP contribution is -2.31. The number of pyridine rings is 1. The SMILES string of the molecule is CC(C)CN1CCC(CNC(=O)c2ccc(-c3cccc(CO)c3)nc2)C1. The van der Waals surface area contributed by atoms with Gasteiger partial charge in [0.15, 0.2) is 0 Å². The van der Waals surface area contributed by atoms with Gasteiger partial charge in [-0.1, -0.05) is 32.0 Å². The number of hydrogen-bond donors (Lipinski definition) is 2. The maximum atomic E-state index is 12.4. The fourth-order valence-corrected chi connectivity index (χ4v) is 3.63. The molecule has 1 saturated heterocycles. The molecule has 1 unspecified atom stereocenters. The van der Waals surface area contributed by atoms with Crippen molar-refractivity contribution in [2.24, 2.45) is 11.8 Å². The lowest BCUT2D eigenvalue weighted by atomic mass is 10.1. The van der Waals surface area contributed by atoms with Crippen LogP contribution in [0.2, 0.25) is 0 Å². The molecule has 5 heteroatoms. The molecule has 2 N–H and O–H groups in total. The largest absolute Gasteiger partial charge is 0.392 e. The Hall–Kier alpha value is -2.24. The summed E-state index contributed by atoms with van der Waals surface area (Å²) < 4.78 is 0. The zero-order chi connectivity index (χ0) is 19.2. The van der Waals surface area contributed by atoms with Gasteiger partial charge in [0.1, 0.15) is 0 Å². The Morgan fingerprint density at radius 3 is 2.89 bits per heavy atom. The molecule has 0 spiro atoms. The molecular weight excluding hydrogens is 338 g/mol. The second kappa shape index (κ2) is 9.11. The Morgan fingerprint density at radius 1 is 1.33 bits per heavy atom. The van der Waals surface area contributed by atoms with Crippen molar-refractivity contribution in [2.45, 2.75) is 26.9 Å². The predicted octanol–water partition coefficient (Wildman–Crippen LogP) is 2.95. The van der Waals surface area contributed by atoms with Crippen molar-refractivity contribution in [3.63, 3.8) is 0 Å². The molecule has 3 rings (SSSR count). The fraction of sp³-hybridized carbons (Fsp3) is 0.455. The van der Waals surface area contributed by atoms with E-state index in [4.69, 9.17) is 0 Å². The first-order valence-electron chi connectivity index (χ1n) is 9.72. The molecule has 1 aromatic carbocycles. The summed E-state index contributed by atoms with van der Waals surface area (Å²) in [5, 5.41) is 12.3. The number of hydrogen-bond acceptors (Lipinski definition) is 4. The Labute approximate surface area is 161 Å². The van der Waals surface area contributed by atoms with Crippen LogP contribution in [0.25, 0.3) is 11.3 Å². The highest BCUT2D eigenvalue weighted by molar-refractivity contribution is 5.94. The summed E-state index contributed by atoms with van der Waals surface area (Å²) in [6.07, 6.45) is 2.77. The van der Waals surface area contributed by atoms with Gasteiger partial charge in [0.25, 0.3) is 5.91 Å². The Morgan fingerprint density at radius 2 is 2.19 bits per heavy atom. The van der Waals surface area contributed by atoms with Gasteiger partial charge < -0.3 is 15.3 Å². The normalized spacial score (nSPS) is 17.4. The van der Waals surface area contributed by atoms with Gasteiger partial charge in [-0.3, -0.25) is 9.78 Å². The summed E-state index contributed by atoms with van der Waals surface area (Å²) in [4.78, 5) is 19.3. The molecule has 0 bridgehead atoms. The molecule has 1 amide bonds. The molecule has 0 saturated carbocycles. The average Bonchev–Trinajstić information content (AvgIpc) is 3.13. The van der Waals surface area contributed by atoms with Gasteiger partial charge in [-0.2, -0.15) is 0 Å². The highest BCUT2D eigenvalue weighted by Gasteiger charge is 2.23. The summed E-state index contributed by atoms with van der Waals surface area (Å²) in [5.74, 6) is 1.14. The van der Waals surface area contributed by atoms with Crippen LogP contribution in [-0.4, -0.2) is 47.1 Å². The number of amides is 1. The topological polar surface area (TPSA) is 65.5 Å². The molecule has 1 atom stereocenters. The summed E-state index contributed by atoms with van der Waals surface area (Å²) in [6.45, 7) is 8.53. The molecule has 1 aliphatic rings. The maximum absolute atomic E-state index is 12.4. The van der Waals surface area contributed by atoms with E-state index in [0.29, 0.717) is 23.9 Å². The lowest BCUT2D eigenvalue weighted by Gasteiger charge is -2.18. The highest BCUT2D eigenvalue weighted by atomic mass is 16.3. The molecule has 2 aromatic rings. The standard InChI is InChI=1S/C22H29N3O2/c1-16(2)13-25-9-8-18(14-25)11-24-22(27)20-6-7-21(23-12-20)19-5-3-4-17(10-19)15-26/h3-7,10,12,16,18,26H,8-9,11,13-15H2,1-2H3,(H,24,27). The van der Waals surface area contributed by atoms with Crippen molar-refractivity contribution >= 4 is 5.91 Å². The van der Waals surface area contributed by atoms with Gasteiger partial charge in [0.2, 0.25) is 0 Å². The van der Waals surface area contributed by atoms with Crippen molar-refractivity contribution in [1.82, 2.24) is 15.2 Å².